The van der Waals surface area contributed by atoms with E-state index in [-0.39, 0.29) is 11.5 Å². The van der Waals surface area contributed by atoms with Crippen LogP contribution in [0.25, 0.3) is 0 Å². The first-order valence-corrected chi connectivity index (χ1v) is 8.19. The minimum atomic E-state index is -0.0805. The van der Waals surface area contributed by atoms with Crippen LogP contribution < -0.4 is 0 Å². The van der Waals surface area contributed by atoms with Gasteiger partial charge in [0.05, 0.1) is 6.10 Å². The molecule has 1 saturated carbocycles. The zero-order valence-electron chi connectivity index (χ0n) is 12.6. The summed E-state index contributed by atoms with van der Waals surface area (Å²) in [6.45, 7) is 4.64. The van der Waals surface area contributed by atoms with Crippen molar-refractivity contribution in [3.05, 3.63) is 24.3 Å². The Morgan fingerprint density at radius 3 is 3.05 bits per heavy atom. The molecule has 3 unspecified atom stereocenters. The highest BCUT2D eigenvalue weighted by atomic mass is 16.3. The standard InChI is InChI=1S/C18H30O/c1-3-4-8-15(2)9-5-6-11-18-12-7-10-16(18)13-17(19)14-18/h6-7,11-12,15-17,19H,3-5,8-10,13-14H2,1-2H3/b11-6+/t15-,16?,17?,18?/m0/s1. The topological polar surface area (TPSA) is 20.2 Å². The zero-order chi connectivity index (χ0) is 13.7. The molecule has 0 radical (unpaired) electrons. The van der Waals surface area contributed by atoms with Crippen LogP contribution in [0.1, 0.15) is 65.2 Å². The number of aliphatic hydroxyl groups is 1. The first-order valence-electron chi connectivity index (χ1n) is 8.19. The molecule has 4 atom stereocenters. The fourth-order valence-corrected chi connectivity index (χ4v) is 3.82. The van der Waals surface area contributed by atoms with E-state index in [1.807, 2.05) is 0 Å². The van der Waals surface area contributed by atoms with Crippen LogP contribution >= 0.6 is 0 Å². The van der Waals surface area contributed by atoms with Crippen LogP contribution in [-0.4, -0.2) is 11.2 Å². The van der Waals surface area contributed by atoms with Gasteiger partial charge in [0.1, 0.15) is 0 Å². The van der Waals surface area contributed by atoms with Gasteiger partial charge in [0.15, 0.2) is 0 Å². The molecular formula is C18H30O. The maximum absolute atomic E-state index is 9.87. The quantitative estimate of drug-likeness (QED) is 0.649. The largest absolute Gasteiger partial charge is 0.393 e. The summed E-state index contributed by atoms with van der Waals surface area (Å²) < 4.78 is 0. The summed E-state index contributed by atoms with van der Waals surface area (Å²) in [5.41, 5.74) is 0.200. The van der Waals surface area contributed by atoms with Gasteiger partial charge in [0.2, 0.25) is 0 Å². The first-order chi connectivity index (χ1) is 9.16. The number of hydrogen-bond acceptors (Lipinski definition) is 1. The third-order valence-electron chi connectivity index (χ3n) is 5.06. The zero-order valence-corrected chi connectivity index (χ0v) is 12.6. The van der Waals surface area contributed by atoms with Crippen LogP contribution in [0.3, 0.4) is 0 Å². The lowest BCUT2D eigenvalue weighted by Gasteiger charge is -2.23. The fraction of sp³-hybridized carbons (Fsp3) is 0.778. The number of hydrogen-bond donors (Lipinski definition) is 1. The number of allylic oxidation sites excluding steroid dienone is 4. The second-order valence-electron chi connectivity index (χ2n) is 6.77. The SMILES string of the molecule is CCCC[C@H](C)CC/C=C/C12C=CCC1CC(O)C2. The van der Waals surface area contributed by atoms with Gasteiger partial charge in [0.25, 0.3) is 0 Å². The van der Waals surface area contributed by atoms with Gasteiger partial charge >= 0.3 is 0 Å². The fourth-order valence-electron chi connectivity index (χ4n) is 3.82. The Bertz CT molecular complexity index is 331. The molecule has 0 amide bonds. The third-order valence-corrected chi connectivity index (χ3v) is 5.06. The summed E-state index contributed by atoms with van der Waals surface area (Å²) in [6, 6.07) is 0. The third kappa shape index (κ3) is 3.72. The normalized spacial score (nSPS) is 35.1. The molecule has 0 heterocycles. The Balaban J connectivity index is 1.77. The predicted octanol–water partition coefficient (Wildman–Crippen LogP) is 4.87. The molecule has 1 heteroatoms. The minimum absolute atomic E-state index is 0.0805. The molecule has 0 aliphatic heterocycles. The van der Waals surface area contributed by atoms with E-state index < -0.39 is 0 Å². The van der Waals surface area contributed by atoms with Crippen LogP contribution in [0, 0.1) is 17.3 Å². The Hall–Kier alpha value is -0.560. The van der Waals surface area contributed by atoms with Gasteiger partial charge in [-0.3, -0.25) is 0 Å². The van der Waals surface area contributed by atoms with E-state index in [2.05, 4.69) is 38.2 Å². The van der Waals surface area contributed by atoms with Gasteiger partial charge in [0, 0.05) is 5.41 Å². The molecule has 0 saturated heterocycles. The molecule has 2 aliphatic carbocycles. The summed E-state index contributed by atoms with van der Waals surface area (Å²) in [5, 5.41) is 9.87. The molecule has 2 aliphatic rings. The maximum atomic E-state index is 9.87. The lowest BCUT2D eigenvalue weighted by molar-refractivity contribution is 0.173. The van der Waals surface area contributed by atoms with Crippen molar-refractivity contribution in [2.75, 3.05) is 0 Å². The summed E-state index contributed by atoms with van der Waals surface area (Å²) >= 11 is 0. The Morgan fingerprint density at radius 2 is 2.26 bits per heavy atom. The monoisotopic (exact) mass is 262 g/mol. The van der Waals surface area contributed by atoms with E-state index in [1.54, 1.807) is 0 Å². The molecule has 1 fully saturated rings. The van der Waals surface area contributed by atoms with Gasteiger partial charge in [-0.1, -0.05) is 57.4 Å². The van der Waals surface area contributed by atoms with Crippen molar-refractivity contribution in [2.45, 2.75) is 71.3 Å². The molecular weight excluding hydrogens is 232 g/mol. The second-order valence-corrected chi connectivity index (χ2v) is 6.77. The average Bonchev–Trinajstić information content (AvgIpc) is 2.88. The summed E-state index contributed by atoms with van der Waals surface area (Å²) in [7, 11) is 0. The van der Waals surface area contributed by atoms with Crippen LogP contribution in [0.4, 0.5) is 0 Å². The number of fused-ring (bicyclic) bond motifs is 1. The van der Waals surface area contributed by atoms with Crippen molar-refractivity contribution in [1.82, 2.24) is 0 Å². The van der Waals surface area contributed by atoms with Gasteiger partial charge < -0.3 is 5.11 Å². The van der Waals surface area contributed by atoms with Crippen molar-refractivity contribution < 1.29 is 5.11 Å². The molecule has 1 nitrogen and oxygen atoms in total. The van der Waals surface area contributed by atoms with Gasteiger partial charge in [-0.2, -0.15) is 0 Å². The minimum Gasteiger partial charge on any atom is -0.393 e. The molecule has 19 heavy (non-hydrogen) atoms. The highest BCUT2D eigenvalue weighted by Crippen LogP contribution is 2.51. The number of unbranched alkanes of at least 4 members (excludes halogenated alkanes) is 1. The predicted molar refractivity (Wildman–Crippen MR) is 82.0 cm³/mol. The van der Waals surface area contributed by atoms with Crippen LogP contribution in [0.2, 0.25) is 0 Å². The van der Waals surface area contributed by atoms with Crippen molar-refractivity contribution in [2.24, 2.45) is 17.3 Å². The maximum Gasteiger partial charge on any atom is 0.0554 e. The van der Waals surface area contributed by atoms with Crippen molar-refractivity contribution in [1.29, 1.82) is 0 Å². The number of aliphatic hydroxyl groups excluding tert-OH is 1. The van der Waals surface area contributed by atoms with Crippen LogP contribution in [0.15, 0.2) is 24.3 Å². The highest BCUT2D eigenvalue weighted by molar-refractivity contribution is 5.23. The van der Waals surface area contributed by atoms with E-state index in [9.17, 15) is 5.11 Å². The van der Waals surface area contributed by atoms with Crippen molar-refractivity contribution in [3.8, 4) is 0 Å². The van der Waals surface area contributed by atoms with Gasteiger partial charge in [-0.25, -0.2) is 0 Å². The van der Waals surface area contributed by atoms with Crippen LogP contribution in [-0.2, 0) is 0 Å². The van der Waals surface area contributed by atoms with E-state index >= 15 is 0 Å². The lowest BCUT2D eigenvalue weighted by Crippen LogP contribution is -2.16. The van der Waals surface area contributed by atoms with E-state index in [0.717, 1.165) is 25.2 Å². The van der Waals surface area contributed by atoms with Gasteiger partial charge in [-0.05, 0) is 43.9 Å². The lowest BCUT2D eigenvalue weighted by atomic mass is 9.80. The molecule has 0 spiro atoms. The molecule has 0 aromatic rings. The summed E-state index contributed by atoms with van der Waals surface area (Å²) in [4.78, 5) is 0. The van der Waals surface area contributed by atoms with Crippen molar-refractivity contribution >= 4 is 0 Å². The molecule has 1 N–H and O–H groups in total. The molecule has 2 rings (SSSR count). The number of rotatable bonds is 7. The molecule has 0 aromatic heterocycles. The Morgan fingerprint density at radius 1 is 1.42 bits per heavy atom. The van der Waals surface area contributed by atoms with Gasteiger partial charge in [-0.15, -0.1) is 0 Å². The highest BCUT2D eigenvalue weighted by Gasteiger charge is 2.44. The average molecular weight is 262 g/mol. The second kappa shape index (κ2) is 6.74. The molecule has 0 aromatic carbocycles. The molecule has 0 bridgehead atoms. The van der Waals surface area contributed by atoms with Crippen molar-refractivity contribution in [3.63, 3.8) is 0 Å². The van der Waals surface area contributed by atoms with E-state index in [4.69, 9.17) is 0 Å². The van der Waals surface area contributed by atoms with E-state index in [0.29, 0.717) is 5.92 Å². The molecule has 108 valence electrons. The van der Waals surface area contributed by atoms with E-state index in [1.165, 1.54) is 32.1 Å². The van der Waals surface area contributed by atoms with Crippen LogP contribution in [0.5, 0.6) is 0 Å². The Kier molecular flexibility index (Phi) is 5.27. The smallest absolute Gasteiger partial charge is 0.0554 e. The Labute approximate surface area is 118 Å². The first kappa shape index (κ1) is 14.8. The summed E-state index contributed by atoms with van der Waals surface area (Å²) in [6.07, 6.45) is 19.0. The summed E-state index contributed by atoms with van der Waals surface area (Å²) in [5.74, 6) is 1.52.